The van der Waals surface area contributed by atoms with Crippen LogP contribution in [-0.2, 0) is 32.2 Å². The Morgan fingerprint density at radius 1 is 0.962 bits per heavy atom. The van der Waals surface area contributed by atoms with E-state index >= 15 is 0 Å². The minimum atomic E-state index is 0.893. The van der Waals surface area contributed by atoms with Crippen molar-refractivity contribution in [2.45, 2.75) is 39.2 Å². The lowest BCUT2D eigenvalue weighted by Crippen LogP contribution is -2.28. The molecule has 6 heteroatoms. The zero-order valence-corrected chi connectivity index (χ0v) is 15.2. The van der Waals surface area contributed by atoms with E-state index in [9.17, 15) is 0 Å². The fraction of sp³-hybridized carbons (Fsp3) is 0.400. The Balaban J connectivity index is 1.45. The van der Waals surface area contributed by atoms with E-state index in [1.807, 2.05) is 0 Å². The molecule has 0 radical (unpaired) electrons. The molecule has 0 unspecified atom stereocenters. The molecule has 3 heterocycles. The van der Waals surface area contributed by atoms with Gasteiger partial charge in [0.25, 0.3) is 0 Å². The standard InChI is InChI=1S/C20H24N6/c1-2-17-14-20(22-15-21-17)25-11-10-19-24-23-18(26(19)13-12-25)9-8-16-6-4-3-5-7-16/h3-7,14-15H,2,8-13H2,1H3. The largest absolute Gasteiger partial charge is 0.354 e. The third kappa shape index (κ3) is 3.59. The van der Waals surface area contributed by atoms with E-state index in [2.05, 4.69) is 73.0 Å². The first-order valence-corrected chi connectivity index (χ1v) is 9.34. The summed E-state index contributed by atoms with van der Waals surface area (Å²) < 4.78 is 2.30. The predicted octanol–water partition coefficient (Wildman–Crippen LogP) is 2.48. The molecular formula is C20H24N6. The smallest absolute Gasteiger partial charge is 0.134 e. The first-order chi connectivity index (χ1) is 12.8. The van der Waals surface area contributed by atoms with Gasteiger partial charge in [0, 0.05) is 44.2 Å². The highest BCUT2D eigenvalue weighted by Crippen LogP contribution is 2.17. The summed E-state index contributed by atoms with van der Waals surface area (Å²) in [7, 11) is 0. The average Bonchev–Trinajstić information content (AvgIpc) is 2.96. The van der Waals surface area contributed by atoms with Crippen LogP contribution >= 0.6 is 0 Å². The molecule has 0 spiro atoms. The van der Waals surface area contributed by atoms with Gasteiger partial charge in [0.2, 0.25) is 0 Å². The van der Waals surface area contributed by atoms with Gasteiger partial charge in [-0.2, -0.15) is 0 Å². The van der Waals surface area contributed by atoms with Crippen LogP contribution in [0.4, 0.5) is 5.82 Å². The molecular weight excluding hydrogens is 324 g/mol. The van der Waals surface area contributed by atoms with E-state index in [4.69, 9.17) is 0 Å². The van der Waals surface area contributed by atoms with E-state index in [0.29, 0.717) is 0 Å². The van der Waals surface area contributed by atoms with Crippen molar-refractivity contribution >= 4 is 5.82 Å². The Morgan fingerprint density at radius 3 is 2.69 bits per heavy atom. The quantitative estimate of drug-likeness (QED) is 0.709. The van der Waals surface area contributed by atoms with Gasteiger partial charge in [0.1, 0.15) is 23.8 Å². The van der Waals surface area contributed by atoms with Crippen LogP contribution in [0, 0.1) is 0 Å². The Labute approximate surface area is 153 Å². The Hall–Kier alpha value is -2.76. The zero-order valence-electron chi connectivity index (χ0n) is 15.2. The molecule has 0 N–H and O–H groups in total. The van der Waals surface area contributed by atoms with Crippen LogP contribution in [0.5, 0.6) is 0 Å². The normalized spacial score (nSPS) is 14.1. The number of anilines is 1. The molecule has 0 saturated heterocycles. The molecule has 2 aromatic heterocycles. The molecule has 0 amide bonds. The lowest BCUT2D eigenvalue weighted by Gasteiger charge is -2.21. The molecule has 1 aliphatic rings. The minimum absolute atomic E-state index is 0.893. The summed E-state index contributed by atoms with van der Waals surface area (Å²) in [6, 6.07) is 12.7. The summed E-state index contributed by atoms with van der Waals surface area (Å²) in [5, 5.41) is 8.89. The second-order valence-electron chi connectivity index (χ2n) is 6.63. The summed E-state index contributed by atoms with van der Waals surface area (Å²) in [6.45, 7) is 4.85. The number of rotatable bonds is 5. The van der Waals surface area contributed by atoms with Crippen LogP contribution in [0.3, 0.4) is 0 Å². The lowest BCUT2D eigenvalue weighted by atomic mass is 10.1. The summed E-state index contributed by atoms with van der Waals surface area (Å²) in [5.41, 5.74) is 2.43. The third-order valence-electron chi connectivity index (χ3n) is 4.98. The van der Waals surface area contributed by atoms with E-state index in [0.717, 1.165) is 68.5 Å². The second-order valence-corrected chi connectivity index (χ2v) is 6.63. The number of aryl methyl sites for hydroxylation is 3. The molecule has 0 atom stereocenters. The molecule has 6 nitrogen and oxygen atoms in total. The van der Waals surface area contributed by atoms with E-state index in [1.54, 1.807) is 6.33 Å². The van der Waals surface area contributed by atoms with E-state index < -0.39 is 0 Å². The summed E-state index contributed by atoms with van der Waals surface area (Å²) in [4.78, 5) is 11.1. The highest BCUT2D eigenvalue weighted by atomic mass is 15.3. The van der Waals surface area contributed by atoms with Crippen molar-refractivity contribution < 1.29 is 0 Å². The molecule has 3 aromatic rings. The van der Waals surface area contributed by atoms with Gasteiger partial charge in [-0.15, -0.1) is 10.2 Å². The first kappa shape index (κ1) is 16.7. The number of nitrogens with zero attached hydrogens (tertiary/aromatic N) is 6. The Kier molecular flexibility index (Phi) is 4.91. The number of fused-ring (bicyclic) bond motifs is 1. The number of benzene rings is 1. The van der Waals surface area contributed by atoms with Crippen LogP contribution in [0.15, 0.2) is 42.7 Å². The Morgan fingerprint density at radius 2 is 1.85 bits per heavy atom. The van der Waals surface area contributed by atoms with Crippen LogP contribution < -0.4 is 4.90 Å². The summed E-state index contributed by atoms with van der Waals surface area (Å²) >= 11 is 0. The summed E-state index contributed by atoms with van der Waals surface area (Å²) in [6.07, 6.45) is 5.41. The first-order valence-electron chi connectivity index (χ1n) is 9.34. The van der Waals surface area contributed by atoms with Crippen LogP contribution in [0.2, 0.25) is 0 Å². The van der Waals surface area contributed by atoms with Gasteiger partial charge in [-0.3, -0.25) is 0 Å². The van der Waals surface area contributed by atoms with Crippen molar-refractivity contribution in [2.24, 2.45) is 0 Å². The SMILES string of the molecule is CCc1cc(N2CCc3nnc(CCc4ccccc4)n3CC2)ncn1. The molecule has 0 bridgehead atoms. The fourth-order valence-corrected chi connectivity index (χ4v) is 3.45. The topological polar surface area (TPSA) is 59.7 Å². The van der Waals surface area contributed by atoms with Crippen molar-refractivity contribution in [1.82, 2.24) is 24.7 Å². The predicted molar refractivity (Wildman–Crippen MR) is 101 cm³/mol. The van der Waals surface area contributed by atoms with Gasteiger partial charge < -0.3 is 9.47 Å². The summed E-state index contributed by atoms with van der Waals surface area (Å²) in [5.74, 6) is 3.18. The van der Waals surface area contributed by atoms with Gasteiger partial charge in [-0.1, -0.05) is 37.3 Å². The molecule has 1 aliphatic heterocycles. The van der Waals surface area contributed by atoms with Gasteiger partial charge in [-0.25, -0.2) is 9.97 Å². The van der Waals surface area contributed by atoms with Crippen molar-refractivity contribution in [3.63, 3.8) is 0 Å². The average molecular weight is 348 g/mol. The minimum Gasteiger partial charge on any atom is -0.354 e. The molecule has 0 saturated carbocycles. The van der Waals surface area contributed by atoms with Crippen LogP contribution in [-0.4, -0.2) is 37.8 Å². The zero-order chi connectivity index (χ0) is 17.8. The van der Waals surface area contributed by atoms with Crippen LogP contribution in [0.1, 0.15) is 29.8 Å². The highest BCUT2D eigenvalue weighted by Gasteiger charge is 2.19. The van der Waals surface area contributed by atoms with Gasteiger partial charge >= 0.3 is 0 Å². The van der Waals surface area contributed by atoms with Crippen molar-refractivity contribution in [1.29, 1.82) is 0 Å². The van der Waals surface area contributed by atoms with Crippen molar-refractivity contribution in [2.75, 3.05) is 18.0 Å². The van der Waals surface area contributed by atoms with E-state index in [-0.39, 0.29) is 0 Å². The molecule has 1 aromatic carbocycles. The number of hydrogen-bond acceptors (Lipinski definition) is 5. The molecule has 0 aliphatic carbocycles. The highest BCUT2D eigenvalue weighted by molar-refractivity contribution is 5.39. The molecule has 134 valence electrons. The Bertz CT molecular complexity index is 858. The molecule has 26 heavy (non-hydrogen) atoms. The number of hydrogen-bond donors (Lipinski definition) is 0. The number of aromatic nitrogens is 5. The second kappa shape index (κ2) is 7.64. The maximum atomic E-state index is 4.47. The maximum absolute atomic E-state index is 4.47. The maximum Gasteiger partial charge on any atom is 0.134 e. The van der Waals surface area contributed by atoms with Crippen molar-refractivity contribution in [3.8, 4) is 0 Å². The van der Waals surface area contributed by atoms with E-state index in [1.165, 1.54) is 5.56 Å². The lowest BCUT2D eigenvalue weighted by molar-refractivity contribution is 0.641. The van der Waals surface area contributed by atoms with Crippen molar-refractivity contribution in [3.05, 3.63) is 65.6 Å². The van der Waals surface area contributed by atoms with Gasteiger partial charge in [-0.05, 0) is 18.4 Å². The molecule has 0 fully saturated rings. The third-order valence-corrected chi connectivity index (χ3v) is 4.98. The van der Waals surface area contributed by atoms with Gasteiger partial charge in [0.05, 0.1) is 0 Å². The fourth-order valence-electron chi connectivity index (χ4n) is 3.45. The monoisotopic (exact) mass is 348 g/mol. The van der Waals surface area contributed by atoms with Gasteiger partial charge in [0.15, 0.2) is 0 Å². The molecule has 4 rings (SSSR count). The van der Waals surface area contributed by atoms with Crippen LogP contribution in [0.25, 0.3) is 0 Å².